The molecule has 1 saturated heterocycles. The number of carboxylic acids is 1. The Balaban J connectivity index is 1.60. The molecule has 2 aliphatic rings. The van der Waals surface area contributed by atoms with Gasteiger partial charge < -0.3 is 5.11 Å². The fourth-order valence-corrected chi connectivity index (χ4v) is 5.88. The number of fused-ring (bicyclic) bond motifs is 1. The van der Waals surface area contributed by atoms with Gasteiger partial charge in [0.2, 0.25) is 11.1 Å². The van der Waals surface area contributed by atoms with Crippen LogP contribution in [-0.4, -0.2) is 70.9 Å². The van der Waals surface area contributed by atoms with E-state index in [0.717, 1.165) is 0 Å². The number of tetrazole rings is 1. The van der Waals surface area contributed by atoms with Crippen molar-refractivity contribution in [2.75, 3.05) is 16.4 Å². The van der Waals surface area contributed by atoms with Gasteiger partial charge in [-0.1, -0.05) is 30.0 Å². The monoisotopic (exact) mass is 446 g/mol. The fourth-order valence-electron chi connectivity index (χ4n) is 3.50. The number of amides is 2. The van der Waals surface area contributed by atoms with Crippen molar-refractivity contribution in [3.05, 3.63) is 41.6 Å². The van der Waals surface area contributed by atoms with Crippen LogP contribution in [0.5, 0.6) is 0 Å². The van der Waals surface area contributed by atoms with Crippen LogP contribution in [0, 0.1) is 0 Å². The summed E-state index contributed by atoms with van der Waals surface area (Å²) in [4.78, 5) is 40.1. The topological polar surface area (TPSA) is 122 Å². The van der Waals surface area contributed by atoms with Crippen molar-refractivity contribution in [2.45, 2.75) is 23.5 Å². The summed E-state index contributed by atoms with van der Waals surface area (Å²) < 4.78 is 1.50. The van der Waals surface area contributed by atoms with Gasteiger partial charge in [0, 0.05) is 31.2 Å². The van der Waals surface area contributed by atoms with Gasteiger partial charge in [0.15, 0.2) is 0 Å². The molecule has 0 saturated carbocycles. The quantitative estimate of drug-likeness (QED) is 0.511. The van der Waals surface area contributed by atoms with E-state index in [-0.39, 0.29) is 11.6 Å². The first-order valence-electron chi connectivity index (χ1n) is 9.00. The number of carbonyl (C=O) groups excluding carboxylic acids is 2. The zero-order valence-corrected chi connectivity index (χ0v) is 17.8. The molecule has 1 fully saturated rings. The van der Waals surface area contributed by atoms with E-state index in [1.165, 1.54) is 44.9 Å². The standard InChI is InChI=1S/C18H18N6O4S2/c1-10(25)23(12-6-4-3-5-7-12)14-15(26)24-13(17(27)28)11(8-29-16(14)24)9-30-18-19-20-21-22(18)2/h3-7,14,16H,8-9H2,1-2H3,(H,27,28)/t14-,16+/m1/s1. The first-order chi connectivity index (χ1) is 14.4. The van der Waals surface area contributed by atoms with Crippen LogP contribution in [0.2, 0.25) is 0 Å². The van der Waals surface area contributed by atoms with Gasteiger partial charge in [0.25, 0.3) is 5.91 Å². The van der Waals surface area contributed by atoms with Crippen LogP contribution in [0.15, 0.2) is 46.8 Å². The maximum Gasteiger partial charge on any atom is 0.352 e. The smallest absolute Gasteiger partial charge is 0.352 e. The predicted octanol–water partition coefficient (Wildman–Crippen LogP) is 0.978. The number of carboxylic acid groups (broad SMARTS) is 1. The highest BCUT2D eigenvalue weighted by Crippen LogP contribution is 2.44. The van der Waals surface area contributed by atoms with Gasteiger partial charge >= 0.3 is 5.97 Å². The Labute approximate surface area is 180 Å². The molecule has 0 radical (unpaired) electrons. The highest BCUT2D eigenvalue weighted by Gasteiger charge is 2.56. The molecule has 1 aromatic heterocycles. The molecule has 0 bridgehead atoms. The molecule has 0 spiro atoms. The van der Waals surface area contributed by atoms with Crippen molar-refractivity contribution in [2.24, 2.45) is 7.05 Å². The Kier molecular flexibility index (Phi) is 5.52. The number of rotatable bonds is 6. The molecule has 12 heteroatoms. The van der Waals surface area contributed by atoms with Crippen molar-refractivity contribution in [3.63, 3.8) is 0 Å². The van der Waals surface area contributed by atoms with E-state index in [9.17, 15) is 19.5 Å². The van der Waals surface area contributed by atoms with Crippen molar-refractivity contribution in [1.82, 2.24) is 25.1 Å². The minimum absolute atomic E-state index is 0.0146. The number of aliphatic carboxylic acids is 1. The number of aromatic nitrogens is 4. The molecule has 0 aliphatic carbocycles. The second kappa shape index (κ2) is 8.11. The van der Waals surface area contributed by atoms with Crippen LogP contribution in [-0.2, 0) is 21.4 Å². The molecular weight excluding hydrogens is 428 g/mol. The molecule has 4 rings (SSSR count). The van der Waals surface area contributed by atoms with Crippen LogP contribution in [0.4, 0.5) is 5.69 Å². The lowest BCUT2D eigenvalue weighted by molar-refractivity contribution is -0.149. The molecule has 10 nitrogen and oxygen atoms in total. The molecule has 1 aromatic carbocycles. The number of para-hydroxylation sites is 1. The number of thioether (sulfide) groups is 2. The molecule has 0 unspecified atom stereocenters. The second-order valence-corrected chi connectivity index (χ2v) is 8.76. The first kappa shape index (κ1) is 20.4. The summed E-state index contributed by atoms with van der Waals surface area (Å²) in [6.45, 7) is 1.40. The number of benzene rings is 1. The van der Waals surface area contributed by atoms with Gasteiger partial charge in [-0.15, -0.1) is 16.9 Å². The molecule has 2 aromatic rings. The van der Waals surface area contributed by atoms with E-state index in [1.54, 1.807) is 31.3 Å². The van der Waals surface area contributed by atoms with Gasteiger partial charge in [0.1, 0.15) is 17.1 Å². The van der Waals surface area contributed by atoms with Crippen molar-refractivity contribution < 1.29 is 19.5 Å². The Morgan fingerprint density at radius 3 is 2.67 bits per heavy atom. The van der Waals surface area contributed by atoms with Crippen LogP contribution < -0.4 is 4.90 Å². The van der Waals surface area contributed by atoms with E-state index in [0.29, 0.717) is 27.9 Å². The maximum absolute atomic E-state index is 13.0. The third kappa shape index (κ3) is 3.45. The molecule has 2 aliphatic heterocycles. The van der Waals surface area contributed by atoms with Crippen LogP contribution >= 0.6 is 23.5 Å². The summed E-state index contributed by atoms with van der Waals surface area (Å²) in [6, 6.07) is 8.19. The minimum atomic E-state index is -1.16. The lowest BCUT2D eigenvalue weighted by Crippen LogP contribution is -2.71. The predicted molar refractivity (Wildman–Crippen MR) is 111 cm³/mol. The van der Waals surface area contributed by atoms with E-state index in [2.05, 4.69) is 15.5 Å². The van der Waals surface area contributed by atoms with E-state index < -0.39 is 23.3 Å². The molecule has 2 atom stereocenters. The number of hydrogen-bond donors (Lipinski definition) is 1. The van der Waals surface area contributed by atoms with Gasteiger partial charge in [0.05, 0.1) is 0 Å². The van der Waals surface area contributed by atoms with Crippen LogP contribution in [0.25, 0.3) is 0 Å². The highest BCUT2D eigenvalue weighted by molar-refractivity contribution is 8.01. The Bertz CT molecular complexity index is 1040. The highest BCUT2D eigenvalue weighted by atomic mass is 32.2. The number of anilines is 1. The fraction of sp³-hybridized carbons (Fsp3) is 0.333. The van der Waals surface area contributed by atoms with E-state index >= 15 is 0 Å². The largest absolute Gasteiger partial charge is 0.477 e. The summed E-state index contributed by atoms with van der Waals surface area (Å²) in [5, 5.41) is 21.1. The van der Waals surface area contributed by atoms with Crippen LogP contribution in [0.1, 0.15) is 6.92 Å². The van der Waals surface area contributed by atoms with Gasteiger partial charge in [-0.3, -0.25) is 19.4 Å². The number of carbonyl (C=O) groups is 3. The summed E-state index contributed by atoms with van der Waals surface area (Å²) in [6.07, 6.45) is 0. The third-order valence-corrected chi connectivity index (χ3v) is 7.25. The third-order valence-electron chi connectivity index (χ3n) is 4.83. The summed E-state index contributed by atoms with van der Waals surface area (Å²) in [5.41, 5.74) is 1.22. The van der Waals surface area contributed by atoms with E-state index in [1.807, 2.05) is 6.07 Å². The molecule has 1 N–H and O–H groups in total. The zero-order chi connectivity index (χ0) is 21.4. The number of hydrogen-bond acceptors (Lipinski definition) is 8. The summed E-state index contributed by atoms with van der Waals surface area (Å²) >= 11 is 2.76. The Morgan fingerprint density at radius 2 is 2.07 bits per heavy atom. The van der Waals surface area contributed by atoms with Gasteiger partial charge in [-0.05, 0) is 28.1 Å². The second-order valence-electron chi connectivity index (χ2n) is 6.71. The lowest BCUT2D eigenvalue weighted by atomic mass is 10.0. The lowest BCUT2D eigenvalue weighted by Gasteiger charge is -2.52. The van der Waals surface area contributed by atoms with Gasteiger partial charge in [-0.2, -0.15) is 0 Å². The molecule has 30 heavy (non-hydrogen) atoms. The van der Waals surface area contributed by atoms with Gasteiger partial charge in [-0.25, -0.2) is 9.48 Å². The Hall–Kier alpha value is -2.86. The minimum Gasteiger partial charge on any atom is -0.477 e. The zero-order valence-electron chi connectivity index (χ0n) is 16.1. The summed E-state index contributed by atoms with van der Waals surface area (Å²) in [7, 11) is 1.70. The van der Waals surface area contributed by atoms with Crippen molar-refractivity contribution >= 4 is 47.0 Å². The first-order valence-corrected chi connectivity index (χ1v) is 11.0. The molecule has 3 heterocycles. The average molecular weight is 447 g/mol. The maximum atomic E-state index is 13.0. The Morgan fingerprint density at radius 1 is 1.33 bits per heavy atom. The van der Waals surface area contributed by atoms with E-state index in [4.69, 9.17) is 0 Å². The average Bonchev–Trinajstić information content (AvgIpc) is 3.14. The summed E-state index contributed by atoms with van der Waals surface area (Å²) in [5.74, 6) is -1.04. The molecular formula is C18H18N6O4S2. The number of β-lactam (4-membered cyclic amide) rings is 1. The van der Waals surface area contributed by atoms with Crippen molar-refractivity contribution in [1.29, 1.82) is 0 Å². The molecule has 156 valence electrons. The van der Waals surface area contributed by atoms with Crippen LogP contribution in [0.3, 0.4) is 0 Å². The normalized spacial score (nSPS) is 20.6. The molecule has 2 amide bonds. The SMILES string of the molecule is CC(=O)N(c1ccccc1)[C@@H]1C(=O)N2C(C(=O)O)=C(CSc3nnnn3C)CS[C@@H]12. The van der Waals surface area contributed by atoms with Crippen molar-refractivity contribution in [3.8, 4) is 0 Å². The number of nitrogens with zero attached hydrogens (tertiary/aromatic N) is 6. The number of aryl methyl sites for hydroxylation is 1.